The van der Waals surface area contributed by atoms with Crippen LogP contribution in [0.2, 0.25) is 0 Å². The molecule has 4 heterocycles. The van der Waals surface area contributed by atoms with Crippen molar-refractivity contribution in [2.45, 2.75) is 0 Å². The number of carbonyl (C=O) groups is 2. The molecule has 9 nitrogen and oxygen atoms in total. The first-order valence-electron chi connectivity index (χ1n) is 9.86. The molecule has 0 bridgehead atoms. The number of anilines is 3. The summed E-state index contributed by atoms with van der Waals surface area (Å²) in [4.78, 5) is 43.7. The standard InChI is InChI=1S/C21H21N7O2/c1-26-17-10-14(11-22-19(17)23-12-18(26)29)21(30)28-8-6-27(7-9-28)20-15-4-2-3-5-16(15)24-13-25-20/h2-5,10-11,13H,6-9,12H2,1H3,(H,22,23). The van der Waals surface area contributed by atoms with Crippen LogP contribution < -0.4 is 15.1 Å². The SMILES string of the molecule is CN1C(=O)CNc2ncc(C(=O)N3CCN(c4ncnc5ccccc45)CC3)cc21. The van der Waals surface area contributed by atoms with Gasteiger partial charge in [0.25, 0.3) is 5.91 Å². The van der Waals surface area contributed by atoms with Gasteiger partial charge in [0.2, 0.25) is 5.91 Å². The second kappa shape index (κ2) is 7.25. The van der Waals surface area contributed by atoms with Gasteiger partial charge < -0.3 is 20.0 Å². The van der Waals surface area contributed by atoms with Gasteiger partial charge in [0.05, 0.1) is 23.3 Å². The molecule has 0 aliphatic carbocycles. The summed E-state index contributed by atoms with van der Waals surface area (Å²) in [6, 6.07) is 9.67. The molecule has 1 saturated heterocycles. The molecule has 2 aromatic heterocycles. The van der Waals surface area contributed by atoms with Crippen LogP contribution in [0.1, 0.15) is 10.4 Å². The maximum atomic E-state index is 13.0. The van der Waals surface area contributed by atoms with E-state index in [0.717, 1.165) is 16.7 Å². The Balaban J connectivity index is 1.32. The predicted octanol–water partition coefficient (Wildman–Crippen LogP) is 1.38. The van der Waals surface area contributed by atoms with Crippen LogP contribution in [0, 0.1) is 0 Å². The molecule has 5 rings (SSSR count). The van der Waals surface area contributed by atoms with E-state index in [9.17, 15) is 9.59 Å². The van der Waals surface area contributed by atoms with Gasteiger partial charge in [-0.3, -0.25) is 9.59 Å². The summed E-state index contributed by atoms with van der Waals surface area (Å²) in [6.45, 7) is 2.75. The molecule has 0 unspecified atom stereocenters. The molecule has 2 aliphatic rings. The maximum absolute atomic E-state index is 13.0. The summed E-state index contributed by atoms with van der Waals surface area (Å²) < 4.78 is 0. The zero-order chi connectivity index (χ0) is 20.7. The molecular weight excluding hydrogens is 382 g/mol. The van der Waals surface area contributed by atoms with Gasteiger partial charge >= 0.3 is 0 Å². The fraction of sp³-hybridized carbons (Fsp3) is 0.286. The molecule has 0 spiro atoms. The average molecular weight is 403 g/mol. The van der Waals surface area contributed by atoms with Crippen molar-refractivity contribution in [1.29, 1.82) is 0 Å². The molecule has 1 N–H and O–H groups in total. The number of nitrogens with zero attached hydrogens (tertiary/aromatic N) is 6. The minimum atomic E-state index is -0.0797. The van der Waals surface area contributed by atoms with Crippen LogP contribution in [-0.4, -0.2) is 71.4 Å². The van der Waals surface area contributed by atoms with Crippen LogP contribution in [0.15, 0.2) is 42.9 Å². The number of rotatable bonds is 2. The molecule has 2 aliphatic heterocycles. The number of hydrogen-bond acceptors (Lipinski definition) is 7. The normalized spacial score (nSPS) is 16.4. The Bertz CT molecular complexity index is 1140. The molecule has 1 fully saturated rings. The smallest absolute Gasteiger partial charge is 0.255 e. The third kappa shape index (κ3) is 3.08. The topological polar surface area (TPSA) is 94.6 Å². The van der Waals surface area contributed by atoms with Crippen LogP contribution in [0.3, 0.4) is 0 Å². The van der Waals surface area contributed by atoms with Gasteiger partial charge in [-0.05, 0) is 18.2 Å². The number of piperazine rings is 1. The number of amides is 2. The Labute approximate surface area is 173 Å². The van der Waals surface area contributed by atoms with Crippen molar-refractivity contribution >= 4 is 40.0 Å². The first kappa shape index (κ1) is 18.3. The molecule has 3 aromatic rings. The Hall–Kier alpha value is -3.75. The summed E-state index contributed by atoms with van der Waals surface area (Å²) in [7, 11) is 1.70. The van der Waals surface area contributed by atoms with Crippen molar-refractivity contribution < 1.29 is 9.59 Å². The van der Waals surface area contributed by atoms with Gasteiger partial charge in [-0.2, -0.15) is 0 Å². The van der Waals surface area contributed by atoms with Crippen molar-refractivity contribution in [3.05, 3.63) is 48.4 Å². The van der Waals surface area contributed by atoms with E-state index in [-0.39, 0.29) is 18.4 Å². The van der Waals surface area contributed by atoms with Gasteiger partial charge in [-0.25, -0.2) is 15.0 Å². The number of fused-ring (bicyclic) bond motifs is 2. The van der Waals surface area contributed by atoms with Crippen molar-refractivity contribution in [2.24, 2.45) is 0 Å². The highest BCUT2D eigenvalue weighted by Gasteiger charge is 2.27. The minimum absolute atomic E-state index is 0.0559. The highest BCUT2D eigenvalue weighted by Crippen LogP contribution is 2.28. The predicted molar refractivity (Wildman–Crippen MR) is 114 cm³/mol. The fourth-order valence-corrected chi connectivity index (χ4v) is 3.92. The Morgan fingerprint density at radius 3 is 2.70 bits per heavy atom. The summed E-state index contributed by atoms with van der Waals surface area (Å²) >= 11 is 0. The quantitative estimate of drug-likeness (QED) is 0.691. The summed E-state index contributed by atoms with van der Waals surface area (Å²) in [5.74, 6) is 1.38. The van der Waals surface area contributed by atoms with Crippen molar-refractivity contribution in [1.82, 2.24) is 19.9 Å². The molecule has 1 aromatic carbocycles. The number of benzene rings is 1. The van der Waals surface area contributed by atoms with E-state index < -0.39 is 0 Å². The van der Waals surface area contributed by atoms with Crippen molar-refractivity contribution in [2.75, 3.05) is 54.9 Å². The molecule has 152 valence electrons. The lowest BCUT2D eigenvalue weighted by molar-refractivity contribution is -0.116. The van der Waals surface area contributed by atoms with E-state index >= 15 is 0 Å². The summed E-state index contributed by atoms with van der Waals surface area (Å²) in [5.41, 5.74) is 2.02. The third-order valence-electron chi connectivity index (χ3n) is 5.65. The minimum Gasteiger partial charge on any atom is -0.359 e. The van der Waals surface area contributed by atoms with Gasteiger partial charge in [0.1, 0.15) is 18.0 Å². The van der Waals surface area contributed by atoms with E-state index in [4.69, 9.17) is 0 Å². The van der Waals surface area contributed by atoms with Crippen LogP contribution in [0.5, 0.6) is 0 Å². The summed E-state index contributed by atoms with van der Waals surface area (Å²) in [5, 5.41) is 3.99. The van der Waals surface area contributed by atoms with Crippen LogP contribution >= 0.6 is 0 Å². The molecule has 0 radical (unpaired) electrons. The highest BCUT2D eigenvalue weighted by molar-refractivity contribution is 6.03. The van der Waals surface area contributed by atoms with E-state index in [1.807, 2.05) is 29.2 Å². The van der Waals surface area contributed by atoms with Gasteiger partial charge in [0, 0.05) is 44.8 Å². The number of pyridine rings is 1. The molecule has 0 atom stereocenters. The number of carbonyl (C=O) groups excluding carboxylic acids is 2. The second-order valence-corrected chi connectivity index (χ2v) is 7.39. The van der Waals surface area contributed by atoms with Gasteiger partial charge in [0.15, 0.2) is 0 Å². The highest BCUT2D eigenvalue weighted by atomic mass is 16.2. The van der Waals surface area contributed by atoms with Gasteiger partial charge in [-0.1, -0.05) is 12.1 Å². The molecule has 2 amide bonds. The number of aromatic nitrogens is 3. The number of hydrogen-bond donors (Lipinski definition) is 1. The zero-order valence-corrected chi connectivity index (χ0v) is 16.6. The van der Waals surface area contributed by atoms with E-state index in [1.54, 1.807) is 25.6 Å². The molecule has 30 heavy (non-hydrogen) atoms. The largest absolute Gasteiger partial charge is 0.359 e. The molecule has 0 saturated carbocycles. The Morgan fingerprint density at radius 2 is 1.87 bits per heavy atom. The zero-order valence-electron chi connectivity index (χ0n) is 16.6. The third-order valence-corrected chi connectivity index (χ3v) is 5.65. The lowest BCUT2D eigenvalue weighted by Crippen LogP contribution is -2.49. The van der Waals surface area contributed by atoms with Crippen molar-refractivity contribution in [3.8, 4) is 0 Å². The van der Waals surface area contributed by atoms with E-state index in [0.29, 0.717) is 43.2 Å². The first-order chi connectivity index (χ1) is 14.6. The molecular formula is C21H21N7O2. The fourth-order valence-electron chi connectivity index (χ4n) is 3.92. The average Bonchev–Trinajstić information content (AvgIpc) is 2.80. The number of para-hydroxylation sites is 1. The Morgan fingerprint density at radius 1 is 1.07 bits per heavy atom. The van der Waals surface area contributed by atoms with Gasteiger partial charge in [-0.15, -0.1) is 0 Å². The lowest BCUT2D eigenvalue weighted by Gasteiger charge is -2.36. The first-order valence-corrected chi connectivity index (χ1v) is 9.86. The van der Waals surface area contributed by atoms with Crippen LogP contribution in [0.25, 0.3) is 10.9 Å². The Kier molecular flexibility index (Phi) is 4.42. The maximum Gasteiger partial charge on any atom is 0.255 e. The van der Waals surface area contributed by atoms with Crippen LogP contribution in [0.4, 0.5) is 17.3 Å². The number of nitrogens with one attached hydrogen (secondary N) is 1. The number of likely N-dealkylation sites (N-methyl/N-ethyl adjacent to an activating group) is 1. The second-order valence-electron chi connectivity index (χ2n) is 7.39. The van der Waals surface area contributed by atoms with E-state index in [1.165, 1.54) is 4.90 Å². The van der Waals surface area contributed by atoms with Crippen LogP contribution in [-0.2, 0) is 4.79 Å². The summed E-state index contributed by atoms with van der Waals surface area (Å²) in [6.07, 6.45) is 3.15. The van der Waals surface area contributed by atoms with Crippen molar-refractivity contribution in [3.63, 3.8) is 0 Å². The van der Waals surface area contributed by atoms with E-state index in [2.05, 4.69) is 25.2 Å². The monoisotopic (exact) mass is 403 g/mol. The lowest BCUT2D eigenvalue weighted by atomic mass is 10.1. The molecule has 9 heteroatoms.